The number of nitrogens with one attached hydrogen (secondary N) is 1. The minimum absolute atomic E-state index is 0.187. The molecule has 1 N–H and O–H groups in total. The van der Waals surface area contributed by atoms with Crippen molar-refractivity contribution in [3.05, 3.63) is 52.3 Å². The SMILES string of the molecule is CC(=O)N/N=C\c1cc(C)n(-c2ccc(Cl)cc2)c1C. The number of amides is 1. The van der Waals surface area contributed by atoms with Crippen LogP contribution in [-0.2, 0) is 4.79 Å². The molecule has 4 nitrogen and oxygen atoms in total. The molecule has 0 saturated heterocycles. The van der Waals surface area contributed by atoms with Crippen LogP contribution in [0.4, 0.5) is 0 Å². The molecule has 5 heteroatoms. The van der Waals surface area contributed by atoms with Gasteiger partial charge in [-0.2, -0.15) is 5.10 Å². The minimum Gasteiger partial charge on any atom is -0.318 e. The van der Waals surface area contributed by atoms with Gasteiger partial charge in [0.2, 0.25) is 5.91 Å². The Bertz CT molecular complexity index is 657. The van der Waals surface area contributed by atoms with Crippen LogP contribution in [0.5, 0.6) is 0 Å². The van der Waals surface area contributed by atoms with Crippen LogP contribution >= 0.6 is 11.6 Å². The quantitative estimate of drug-likeness (QED) is 0.684. The number of aromatic nitrogens is 1. The Kier molecular flexibility index (Phi) is 4.25. The molecule has 1 amide bonds. The third-order valence-corrected chi connectivity index (χ3v) is 3.23. The molecule has 2 rings (SSSR count). The molecule has 0 saturated carbocycles. The summed E-state index contributed by atoms with van der Waals surface area (Å²) in [5.41, 5.74) is 6.56. The van der Waals surface area contributed by atoms with Crippen LogP contribution in [0.25, 0.3) is 5.69 Å². The average molecular weight is 290 g/mol. The van der Waals surface area contributed by atoms with Crippen molar-refractivity contribution in [3.63, 3.8) is 0 Å². The summed E-state index contributed by atoms with van der Waals surface area (Å²) in [6.07, 6.45) is 1.65. The summed E-state index contributed by atoms with van der Waals surface area (Å²) >= 11 is 5.91. The summed E-state index contributed by atoms with van der Waals surface area (Å²) in [5.74, 6) is -0.187. The predicted octanol–water partition coefficient (Wildman–Crippen LogP) is 3.22. The first-order chi connectivity index (χ1) is 9.49. The molecule has 0 bridgehead atoms. The van der Waals surface area contributed by atoms with Gasteiger partial charge in [0.25, 0.3) is 0 Å². The Morgan fingerprint density at radius 2 is 1.95 bits per heavy atom. The zero-order valence-corrected chi connectivity index (χ0v) is 12.4. The fourth-order valence-corrected chi connectivity index (χ4v) is 2.22. The van der Waals surface area contributed by atoms with Gasteiger partial charge >= 0.3 is 0 Å². The van der Waals surface area contributed by atoms with E-state index in [0.717, 1.165) is 22.6 Å². The van der Waals surface area contributed by atoms with Crippen LogP contribution in [0.2, 0.25) is 5.02 Å². The van der Waals surface area contributed by atoms with Crippen LogP contribution in [0, 0.1) is 13.8 Å². The molecule has 0 aliphatic carbocycles. The van der Waals surface area contributed by atoms with Crippen molar-refractivity contribution in [2.45, 2.75) is 20.8 Å². The molecule has 0 radical (unpaired) electrons. The molecule has 1 heterocycles. The maximum atomic E-state index is 10.8. The van der Waals surface area contributed by atoms with Crippen molar-refractivity contribution < 1.29 is 4.79 Å². The standard InChI is InChI=1S/C15H16ClN3O/c1-10-8-13(9-17-18-12(3)20)11(2)19(10)15-6-4-14(16)5-7-15/h4-9H,1-3H3,(H,18,20)/b17-9-. The Balaban J connectivity index is 2.36. The number of rotatable bonds is 3. The number of carbonyl (C=O) groups excluding carboxylic acids is 1. The Labute approximate surface area is 123 Å². The number of halogens is 1. The minimum atomic E-state index is -0.187. The van der Waals surface area contributed by atoms with E-state index in [-0.39, 0.29) is 5.91 Å². The summed E-state index contributed by atoms with van der Waals surface area (Å²) in [4.78, 5) is 10.8. The highest BCUT2D eigenvalue weighted by Gasteiger charge is 2.09. The smallest absolute Gasteiger partial charge is 0.236 e. The van der Waals surface area contributed by atoms with Crippen LogP contribution in [0.1, 0.15) is 23.9 Å². The zero-order chi connectivity index (χ0) is 14.7. The average Bonchev–Trinajstić information content (AvgIpc) is 2.66. The first-order valence-corrected chi connectivity index (χ1v) is 6.61. The number of hydrogen-bond acceptors (Lipinski definition) is 2. The molecule has 0 aliphatic rings. The molecule has 0 aliphatic heterocycles. The molecule has 1 aromatic carbocycles. The van der Waals surface area contributed by atoms with Gasteiger partial charge in [-0.15, -0.1) is 0 Å². The number of hydrogen-bond donors (Lipinski definition) is 1. The van der Waals surface area contributed by atoms with Crippen LogP contribution in [-0.4, -0.2) is 16.7 Å². The molecule has 0 spiro atoms. The van der Waals surface area contributed by atoms with Gasteiger partial charge in [-0.1, -0.05) is 11.6 Å². The van der Waals surface area contributed by atoms with Gasteiger partial charge in [-0.05, 0) is 44.2 Å². The van der Waals surface area contributed by atoms with Crippen LogP contribution in [0.15, 0.2) is 35.4 Å². The number of benzene rings is 1. The largest absolute Gasteiger partial charge is 0.318 e. The number of aryl methyl sites for hydroxylation is 1. The van der Waals surface area contributed by atoms with Gasteiger partial charge < -0.3 is 4.57 Å². The van der Waals surface area contributed by atoms with Crippen molar-refractivity contribution in [3.8, 4) is 5.69 Å². The van der Waals surface area contributed by atoms with E-state index in [4.69, 9.17) is 11.6 Å². The molecule has 2 aromatic rings. The van der Waals surface area contributed by atoms with Gasteiger partial charge in [0.05, 0.1) is 6.21 Å². The summed E-state index contributed by atoms with van der Waals surface area (Å²) in [6.45, 7) is 5.46. The molecule has 0 unspecified atom stereocenters. The van der Waals surface area contributed by atoms with Gasteiger partial charge in [0.1, 0.15) is 0 Å². The van der Waals surface area contributed by atoms with Crippen molar-refractivity contribution in [2.75, 3.05) is 0 Å². The van der Waals surface area contributed by atoms with Crippen LogP contribution < -0.4 is 5.43 Å². The highest BCUT2D eigenvalue weighted by Crippen LogP contribution is 2.21. The van der Waals surface area contributed by atoms with Crippen molar-refractivity contribution >= 4 is 23.7 Å². The lowest BCUT2D eigenvalue weighted by Gasteiger charge is -2.09. The lowest BCUT2D eigenvalue weighted by molar-refractivity contribution is -0.118. The second-order valence-corrected chi connectivity index (χ2v) is 5.00. The number of hydrazone groups is 1. The van der Waals surface area contributed by atoms with E-state index in [0.29, 0.717) is 5.02 Å². The fraction of sp³-hybridized carbons (Fsp3) is 0.200. The molecular weight excluding hydrogens is 274 g/mol. The molecule has 104 valence electrons. The summed E-state index contributed by atoms with van der Waals surface area (Å²) in [5, 5.41) is 4.62. The lowest BCUT2D eigenvalue weighted by atomic mass is 10.2. The fourth-order valence-electron chi connectivity index (χ4n) is 2.10. The van der Waals surface area contributed by atoms with E-state index in [1.54, 1.807) is 6.21 Å². The Morgan fingerprint density at radius 1 is 1.30 bits per heavy atom. The van der Waals surface area contributed by atoms with E-state index >= 15 is 0 Å². The maximum Gasteiger partial charge on any atom is 0.236 e. The van der Waals surface area contributed by atoms with E-state index in [1.807, 2.05) is 44.2 Å². The lowest BCUT2D eigenvalue weighted by Crippen LogP contribution is -2.12. The highest BCUT2D eigenvalue weighted by atomic mass is 35.5. The topological polar surface area (TPSA) is 46.4 Å². The van der Waals surface area contributed by atoms with Gasteiger partial charge in [-0.25, -0.2) is 5.43 Å². The van der Waals surface area contributed by atoms with E-state index in [9.17, 15) is 4.79 Å². The van der Waals surface area contributed by atoms with Crippen molar-refractivity contribution in [1.82, 2.24) is 9.99 Å². The number of nitrogens with zero attached hydrogens (tertiary/aromatic N) is 2. The number of carbonyl (C=O) groups is 1. The first-order valence-electron chi connectivity index (χ1n) is 6.23. The van der Waals surface area contributed by atoms with E-state index in [1.165, 1.54) is 6.92 Å². The second-order valence-electron chi connectivity index (χ2n) is 4.56. The molecule has 0 fully saturated rings. The molecule has 20 heavy (non-hydrogen) atoms. The van der Waals surface area contributed by atoms with Crippen molar-refractivity contribution in [2.24, 2.45) is 5.10 Å². The zero-order valence-electron chi connectivity index (χ0n) is 11.6. The summed E-state index contributed by atoms with van der Waals surface area (Å²) in [6, 6.07) is 9.69. The third-order valence-electron chi connectivity index (χ3n) is 2.98. The van der Waals surface area contributed by atoms with E-state index < -0.39 is 0 Å². The first kappa shape index (κ1) is 14.3. The molecule has 0 atom stereocenters. The van der Waals surface area contributed by atoms with Crippen LogP contribution in [0.3, 0.4) is 0 Å². The van der Waals surface area contributed by atoms with Crippen molar-refractivity contribution in [1.29, 1.82) is 0 Å². The maximum absolute atomic E-state index is 10.8. The normalized spacial score (nSPS) is 11.0. The summed E-state index contributed by atoms with van der Waals surface area (Å²) in [7, 11) is 0. The van der Waals surface area contributed by atoms with E-state index in [2.05, 4.69) is 15.1 Å². The van der Waals surface area contributed by atoms with Gasteiger partial charge in [-0.3, -0.25) is 4.79 Å². The Morgan fingerprint density at radius 3 is 2.55 bits per heavy atom. The monoisotopic (exact) mass is 289 g/mol. The second kappa shape index (κ2) is 5.92. The Hall–Kier alpha value is -2.07. The third kappa shape index (κ3) is 3.08. The summed E-state index contributed by atoms with van der Waals surface area (Å²) < 4.78 is 2.12. The predicted molar refractivity (Wildman–Crippen MR) is 81.7 cm³/mol. The molecule has 1 aromatic heterocycles. The van der Waals surface area contributed by atoms with Gasteiger partial charge in [0.15, 0.2) is 0 Å². The van der Waals surface area contributed by atoms with Gasteiger partial charge in [0, 0.05) is 34.6 Å². The highest BCUT2D eigenvalue weighted by molar-refractivity contribution is 6.30. The molecular formula is C15H16ClN3O.